The fourth-order valence-corrected chi connectivity index (χ4v) is 5.49. The Morgan fingerprint density at radius 3 is 2.69 bits per heavy atom. The monoisotopic (exact) mass is 498 g/mol. The average Bonchev–Trinajstić information content (AvgIpc) is 3.46. The third kappa shape index (κ3) is 5.77. The van der Waals surface area contributed by atoms with Crippen LogP contribution in [0.2, 0.25) is 0 Å². The predicted octanol–water partition coefficient (Wildman–Crippen LogP) is 1.62. The lowest BCUT2D eigenvalue weighted by atomic mass is 9.97. The van der Waals surface area contributed by atoms with Crippen molar-refractivity contribution in [3.05, 3.63) is 57.3 Å². The highest BCUT2D eigenvalue weighted by atomic mass is 32.1. The molecule has 0 aliphatic carbocycles. The first kappa shape index (κ1) is 25.4. The van der Waals surface area contributed by atoms with Gasteiger partial charge in [-0.25, -0.2) is 0 Å². The molecule has 2 aromatic rings. The minimum atomic E-state index is -0.688. The predicted molar refractivity (Wildman–Crippen MR) is 133 cm³/mol. The number of thiophene rings is 1. The topological polar surface area (TPSA) is 83.3 Å². The molecule has 3 heterocycles. The Labute approximate surface area is 210 Å². The maximum absolute atomic E-state index is 13.7. The first-order valence-electron chi connectivity index (χ1n) is 12.3. The highest BCUT2D eigenvalue weighted by Crippen LogP contribution is 2.41. The normalized spacial score (nSPS) is 20.7. The minimum absolute atomic E-state index is 0.0510. The molecule has 2 saturated heterocycles. The van der Waals surface area contributed by atoms with Crippen molar-refractivity contribution in [2.75, 3.05) is 46.0 Å². The number of likely N-dealkylation sites (tertiary alicyclic amines) is 1. The molecule has 0 saturated carbocycles. The van der Waals surface area contributed by atoms with E-state index < -0.39 is 17.7 Å². The van der Waals surface area contributed by atoms with Crippen molar-refractivity contribution in [2.45, 2.75) is 33.2 Å². The van der Waals surface area contributed by atoms with Gasteiger partial charge in [0, 0.05) is 23.4 Å². The molecule has 2 aliphatic heterocycles. The largest absolute Gasteiger partial charge is 0.872 e. The van der Waals surface area contributed by atoms with Crippen LogP contribution in [0.3, 0.4) is 0 Å². The second-order valence-electron chi connectivity index (χ2n) is 9.64. The number of hydrogen-bond acceptors (Lipinski definition) is 6. The quantitative estimate of drug-likeness (QED) is 0.323. The van der Waals surface area contributed by atoms with Crippen LogP contribution in [0.4, 0.5) is 0 Å². The van der Waals surface area contributed by atoms with Gasteiger partial charge in [0.1, 0.15) is 18.8 Å². The lowest BCUT2D eigenvalue weighted by molar-refractivity contribution is -0.908. The van der Waals surface area contributed by atoms with Crippen LogP contribution in [0.1, 0.15) is 42.3 Å². The number of carbonyl (C=O) groups is 2. The van der Waals surface area contributed by atoms with Crippen molar-refractivity contribution in [3.8, 4) is 5.75 Å². The van der Waals surface area contributed by atoms with Crippen LogP contribution in [-0.4, -0.2) is 62.6 Å². The van der Waals surface area contributed by atoms with Gasteiger partial charge >= 0.3 is 0 Å². The van der Waals surface area contributed by atoms with E-state index in [-0.39, 0.29) is 11.3 Å². The van der Waals surface area contributed by atoms with E-state index in [1.807, 2.05) is 30.5 Å². The zero-order valence-corrected chi connectivity index (χ0v) is 21.5. The van der Waals surface area contributed by atoms with E-state index in [2.05, 4.69) is 13.8 Å². The highest BCUT2D eigenvalue weighted by Gasteiger charge is 2.44. The van der Waals surface area contributed by atoms with Gasteiger partial charge in [-0.2, -0.15) is 0 Å². The molecule has 2 aliphatic rings. The molecule has 1 N–H and O–H groups in total. The van der Waals surface area contributed by atoms with E-state index in [0.29, 0.717) is 30.4 Å². The van der Waals surface area contributed by atoms with Crippen LogP contribution in [0, 0.1) is 12.8 Å². The molecule has 0 bridgehead atoms. The van der Waals surface area contributed by atoms with Crippen LogP contribution in [0.5, 0.6) is 5.75 Å². The lowest BCUT2D eigenvalue weighted by Gasteiger charge is -2.28. The lowest BCUT2D eigenvalue weighted by Crippen LogP contribution is -3.14. The molecule has 1 unspecified atom stereocenters. The number of quaternary nitrogens is 1. The number of nitrogens with zero attached hydrogens (tertiary/aromatic N) is 1. The summed E-state index contributed by atoms with van der Waals surface area (Å²) in [4.78, 5) is 30.1. The SMILES string of the molecule is Cc1cc(OCC(C)C)ccc1C([O-])=C1C(=O)C(=O)N(CCC[NH+]2CCOCC2)C1c1cccs1. The standard InChI is InChI=1S/C27H34N2O5S/c1-18(2)17-34-20-7-8-21(19(3)16-20)25(30)23-24(22-6-4-15-35-22)29(27(32)26(23)31)10-5-9-28-11-13-33-14-12-28/h4,6-8,15-16,18,24,30H,5,9-14,17H2,1-3H3. The number of hydrogen-bond donors (Lipinski definition) is 1. The third-order valence-corrected chi connectivity index (χ3v) is 7.42. The number of ether oxygens (including phenoxy) is 2. The number of rotatable bonds is 9. The van der Waals surface area contributed by atoms with Crippen molar-refractivity contribution in [2.24, 2.45) is 5.92 Å². The molecule has 0 spiro atoms. The summed E-state index contributed by atoms with van der Waals surface area (Å²) in [6, 6.07) is 8.42. The van der Waals surface area contributed by atoms with Gasteiger partial charge in [-0.05, 0) is 47.5 Å². The highest BCUT2D eigenvalue weighted by molar-refractivity contribution is 7.10. The number of carbonyl (C=O) groups excluding carboxylic acids is 2. The van der Waals surface area contributed by atoms with Gasteiger partial charge in [0.15, 0.2) is 0 Å². The molecule has 35 heavy (non-hydrogen) atoms. The number of Topliss-reactive ketones (excluding diaryl/α,β-unsaturated/α-hetero) is 1. The number of amides is 1. The van der Waals surface area contributed by atoms with Crippen LogP contribution in [-0.2, 0) is 14.3 Å². The number of nitrogens with one attached hydrogen (secondary N) is 1. The summed E-state index contributed by atoms with van der Waals surface area (Å²) in [5.74, 6) is -0.578. The molecule has 1 atom stereocenters. The minimum Gasteiger partial charge on any atom is -0.872 e. The third-order valence-electron chi connectivity index (χ3n) is 6.50. The Balaban J connectivity index is 1.61. The second kappa shape index (κ2) is 11.4. The molecular formula is C27H34N2O5S. The van der Waals surface area contributed by atoms with Crippen molar-refractivity contribution in [3.63, 3.8) is 0 Å². The first-order chi connectivity index (χ1) is 16.9. The summed E-state index contributed by atoms with van der Waals surface area (Å²) in [5, 5.41) is 15.6. The van der Waals surface area contributed by atoms with E-state index in [1.54, 1.807) is 17.0 Å². The van der Waals surface area contributed by atoms with E-state index in [1.165, 1.54) is 16.2 Å². The number of ketones is 1. The molecule has 1 amide bonds. The molecule has 1 aromatic carbocycles. The van der Waals surface area contributed by atoms with Crippen LogP contribution in [0.25, 0.3) is 5.76 Å². The van der Waals surface area contributed by atoms with Crippen molar-refractivity contribution in [1.82, 2.24) is 4.90 Å². The van der Waals surface area contributed by atoms with Gasteiger partial charge in [-0.3, -0.25) is 9.59 Å². The van der Waals surface area contributed by atoms with Crippen molar-refractivity contribution < 1.29 is 29.1 Å². The fourth-order valence-electron chi connectivity index (χ4n) is 4.64. The molecule has 8 heteroatoms. The number of benzene rings is 1. The second-order valence-corrected chi connectivity index (χ2v) is 10.6. The summed E-state index contributed by atoms with van der Waals surface area (Å²) >= 11 is 1.46. The average molecular weight is 499 g/mol. The Morgan fingerprint density at radius 2 is 2.03 bits per heavy atom. The molecular weight excluding hydrogens is 464 g/mol. The summed E-state index contributed by atoms with van der Waals surface area (Å²) in [7, 11) is 0. The van der Waals surface area contributed by atoms with Gasteiger partial charge in [-0.15, -0.1) is 11.3 Å². The molecule has 7 nitrogen and oxygen atoms in total. The van der Waals surface area contributed by atoms with Gasteiger partial charge in [-0.1, -0.05) is 31.7 Å². The van der Waals surface area contributed by atoms with E-state index in [9.17, 15) is 14.7 Å². The summed E-state index contributed by atoms with van der Waals surface area (Å²) in [6.45, 7) is 11.3. The smallest absolute Gasteiger partial charge is 0.295 e. The zero-order valence-electron chi connectivity index (χ0n) is 20.7. The molecule has 1 aromatic heterocycles. The van der Waals surface area contributed by atoms with E-state index >= 15 is 0 Å². The maximum Gasteiger partial charge on any atom is 0.295 e. The summed E-state index contributed by atoms with van der Waals surface area (Å²) < 4.78 is 11.2. The Morgan fingerprint density at radius 1 is 1.26 bits per heavy atom. The summed E-state index contributed by atoms with van der Waals surface area (Å²) in [6.07, 6.45) is 0.763. The first-order valence-corrected chi connectivity index (χ1v) is 13.2. The Hall–Kier alpha value is -2.68. The van der Waals surface area contributed by atoms with Gasteiger partial charge in [0.25, 0.3) is 5.91 Å². The van der Waals surface area contributed by atoms with Gasteiger partial charge in [0.2, 0.25) is 5.78 Å². The zero-order chi connectivity index (χ0) is 24.9. The number of morpholine rings is 1. The van der Waals surface area contributed by atoms with Gasteiger partial charge < -0.3 is 24.4 Å². The molecule has 188 valence electrons. The van der Waals surface area contributed by atoms with Crippen LogP contribution in [0.15, 0.2) is 41.3 Å². The molecule has 0 radical (unpaired) electrons. The van der Waals surface area contributed by atoms with Gasteiger partial charge in [0.05, 0.1) is 32.4 Å². The fraction of sp³-hybridized carbons (Fsp3) is 0.481. The van der Waals surface area contributed by atoms with E-state index in [4.69, 9.17) is 9.47 Å². The Kier molecular flexibility index (Phi) is 8.26. The van der Waals surface area contributed by atoms with Crippen LogP contribution < -0.4 is 14.7 Å². The molecule has 4 rings (SSSR count). The molecule has 2 fully saturated rings. The van der Waals surface area contributed by atoms with Crippen LogP contribution >= 0.6 is 11.3 Å². The maximum atomic E-state index is 13.7. The van der Waals surface area contributed by atoms with E-state index in [0.717, 1.165) is 49.7 Å². The van der Waals surface area contributed by atoms with Crippen molar-refractivity contribution in [1.29, 1.82) is 0 Å². The number of aryl methyl sites for hydroxylation is 1. The summed E-state index contributed by atoms with van der Waals surface area (Å²) in [5.41, 5.74) is 1.21. The Bertz CT molecular complexity index is 1070. The van der Waals surface area contributed by atoms with Crippen molar-refractivity contribution >= 4 is 28.8 Å².